The van der Waals surface area contributed by atoms with Crippen LogP contribution < -0.4 is 11.1 Å². The van der Waals surface area contributed by atoms with E-state index in [9.17, 15) is 13.6 Å². The Hall–Kier alpha value is -3.36. The van der Waals surface area contributed by atoms with Crippen molar-refractivity contribution >= 4 is 11.6 Å². The van der Waals surface area contributed by atoms with E-state index in [0.717, 1.165) is 12.1 Å². The molecule has 0 saturated carbocycles. The number of hydrogen-bond acceptors (Lipinski definition) is 5. The van der Waals surface area contributed by atoms with E-state index in [1.165, 1.54) is 6.20 Å². The van der Waals surface area contributed by atoms with Crippen LogP contribution in [0.25, 0.3) is 22.8 Å². The Labute approximate surface area is 140 Å². The summed E-state index contributed by atoms with van der Waals surface area (Å²) in [6.45, 7) is 1.03. The molecule has 0 unspecified atom stereocenters. The van der Waals surface area contributed by atoms with Gasteiger partial charge in [-0.1, -0.05) is 0 Å². The zero-order valence-electron chi connectivity index (χ0n) is 12.8. The van der Waals surface area contributed by atoms with Gasteiger partial charge in [-0.15, -0.1) is 0 Å². The van der Waals surface area contributed by atoms with Crippen molar-refractivity contribution in [3.05, 3.63) is 47.8 Å². The molecule has 2 aromatic heterocycles. The molecule has 9 heteroatoms. The highest BCUT2D eigenvalue weighted by molar-refractivity contribution is 5.94. The number of hydrogen-bond donors (Lipinski definition) is 2. The van der Waals surface area contributed by atoms with Crippen LogP contribution >= 0.6 is 0 Å². The number of nitrogens with one attached hydrogen (secondary N) is 1. The molecule has 0 bridgehead atoms. The van der Waals surface area contributed by atoms with E-state index in [0.29, 0.717) is 30.2 Å². The van der Waals surface area contributed by atoms with Gasteiger partial charge in [0, 0.05) is 18.4 Å². The molecule has 0 atom stereocenters. The van der Waals surface area contributed by atoms with Crippen molar-refractivity contribution in [3.8, 4) is 22.8 Å². The second-order valence-corrected chi connectivity index (χ2v) is 5.52. The molecule has 4 rings (SSSR count). The summed E-state index contributed by atoms with van der Waals surface area (Å²) in [5, 5.41) is 7.04. The summed E-state index contributed by atoms with van der Waals surface area (Å²) >= 11 is 0. The van der Waals surface area contributed by atoms with E-state index in [2.05, 4.69) is 20.4 Å². The Kier molecular flexibility index (Phi) is 3.41. The van der Waals surface area contributed by atoms with Gasteiger partial charge in [0.15, 0.2) is 5.82 Å². The number of nitrogens with two attached hydrogens (primary N) is 1. The molecule has 1 aliphatic heterocycles. The first kappa shape index (κ1) is 15.2. The van der Waals surface area contributed by atoms with Crippen molar-refractivity contribution in [2.24, 2.45) is 0 Å². The number of halogens is 2. The van der Waals surface area contributed by atoms with Gasteiger partial charge in [0.1, 0.15) is 23.0 Å². The Morgan fingerprint density at radius 3 is 2.64 bits per heavy atom. The Morgan fingerprint density at radius 1 is 1.16 bits per heavy atom. The summed E-state index contributed by atoms with van der Waals surface area (Å²) in [6, 6.07) is 5.15. The minimum Gasteiger partial charge on any atom is -0.399 e. The molecular weight excluding hydrogens is 330 g/mol. The molecule has 3 N–H and O–H groups in total. The number of anilines is 1. The number of carbonyl (C=O) groups excluding carboxylic acids is 1. The van der Waals surface area contributed by atoms with Crippen LogP contribution in [0.5, 0.6) is 0 Å². The highest BCUT2D eigenvalue weighted by Crippen LogP contribution is 2.27. The monoisotopic (exact) mass is 342 g/mol. The third-order valence-corrected chi connectivity index (χ3v) is 3.83. The number of nitrogens with zero attached hydrogens (tertiary/aromatic N) is 4. The summed E-state index contributed by atoms with van der Waals surface area (Å²) in [5.41, 5.74) is 6.22. The second kappa shape index (κ2) is 5.62. The molecule has 0 saturated heterocycles. The van der Waals surface area contributed by atoms with Crippen LogP contribution in [0.3, 0.4) is 0 Å². The van der Waals surface area contributed by atoms with Gasteiger partial charge in [0.25, 0.3) is 5.91 Å². The van der Waals surface area contributed by atoms with E-state index in [1.807, 2.05) is 0 Å². The van der Waals surface area contributed by atoms with Crippen molar-refractivity contribution in [2.75, 3.05) is 12.3 Å². The molecular formula is C16H12F2N6O. The van der Waals surface area contributed by atoms with Crippen LogP contribution in [0.4, 0.5) is 14.5 Å². The fourth-order valence-corrected chi connectivity index (χ4v) is 2.69. The summed E-state index contributed by atoms with van der Waals surface area (Å²) in [4.78, 5) is 20.0. The SMILES string of the molecule is Nc1cc(F)c(-c2nccc(-c3cc4n(n3)CCNC4=O)n2)c(F)c1. The molecule has 126 valence electrons. The highest BCUT2D eigenvalue weighted by Gasteiger charge is 2.21. The second-order valence-electron chi connectivity index (χ2n) is 5.52. The molecule has 3 heterocycles. The largest absolute Gasteiger partial charge is 0.399 e. The van der Waals surface area contributed by atoms with Crippen LogP contribution in [0.1, 0.15) is 10.5 Å². The average molecular weight is 342 g/mol. The molecule has 0 spiro atoms. The van der Waals surface area contributed by atoms with Crippen molar-refractivity contribution in [2.45, 2.75) is 6.54 Å². The Bertz CT molecular complexity index is 977. The molecule has 0 radical (unpaired) electrons. The molecule has 1 aliphatic rings. The van der Waals surface area contributed by atoms with Crippen molar-refractivity contribution < 1.29 is 13.6 Å². The molecule has 0 fully saturated rings. The van der Waals surface area contributed by atoms with Crippen molar-refractivity contribution in [1.29, 1.82) is 0 Å². The van der Waals surface area contributed by atoms with E-state index in [-0.39, 0.29) is 23.0 Å². The number of nitrogen functional groups attached to an aromatic ring is 1. The molecule has 7 nitrogen and oxygen atoms in total. The highest BCUT2D eigenvalue weighted by atomic mass is 19.1. The van der Waals surface area contributed by atoms with E-state index in [4.69, 9.17) is 5.73 Å². The molecule has 1 aromatic carbocycles. The Balaban J connectivity index is 1.80. The van der Waals surface area contributed by atoms with Crippen LogP contribution in [0.2, 0.25) is 0 Å². The predicted molar refractivity (Wildman–Crippen MR) is 85.4 cm³/mol. The molecule has 0 aliphatic carbocycles. The molecule has 25 heavy (non-hydrogen) atoms. The average Bonchev–Trinajstić information content (AvgIpc) is 3.00. The smallest absolute Gasteiger partial charge is 0.269 e. The van der Waals surface area contributed by atoms with Crippen LogP contribution in [0, 0.1) is 11.6 Å². The predicted octanol–water partition coefficient (Wildman–Crippen LogP) is 1.61. The topological polar surface area (TPSA) is 98.7 Å². The van der Waals surface area contributed by atoms with Gasteiger partial charge in [0.05, 0.1) is 17.8 Å². The fraction of sp³-hybridized carbons (Fsp3) is 0.125. The first-order chi connectivity index (χ1) is 12.0. The lowest BCUT2D eigenvalue weighted by atomic mass is 10.1. The van der Waals surface area contributed by atoms with E-state index in [1.54, 1.807) is 16.8 Å². The van der Waals surface area contributed by atoms with E-state index < -0.39 is 11.6 Å². The number of aromatic nitrogens is 4. The number of benzene rings is 1. The zero-order chi connectivity index (χ0) is 17.6. The quantitative estimate of drug-likeness (QED) is 0.690. The van der Waals surface area contributed by atoms with Gasteiger partial charge >= 0.3 is 0 Å². The van der Waals surface area contributed by atoms with E-state index >= 15 is 0 Å². The number of amides is 1. The van der Waals surface area contributed by atoms with Crippen molar-refractivity contribution in [1.82, 2.24) is 25.1 Å². The lowest BCUT2D eigenvalue weighted by Gasteiger charge is -2.13. The third-order valence-electron chi connectivity index (χ3n) is 3.83. The fourth-order valence-electron chi connectivity index (χ4n) is 2.69. The summed E-state index contributed by atoms with van der Waals surface area (Å²) < 4.78 is 29.8. The van der Waals surface area contributed by atoms with Gasteiger partial charge in [-0.05, 0) is 24.3 Å². The minimum atomic E-state index is -0.849. The van der Waals surface area contributed by atoms with Crippen molar-refractivity contribution in [3.63, 3.8) is 0 Å². The summed E-state index contributed by atoms with van der Waals surface area (Å²) in [6.07, 6.45) is 1.38. The summed E-state index contributed by atoms with van der Waals surface area (Å²) in [5.74, 6) is -2.05. The zero-order valence-corrected chi connectivity index (χ0v) is 12.8. The van der Waals surface area contributed by atoms with Gasteiger partial charge in [-0.25, -0.2) is 18.7 Å². The number of rotatable bonds is 2. The minimum absolute atomic E-state index is 0.0253. The summed E-state index contributed by atoms with van der Waals surface area (Å²) in [7, 11) is 0. The maximum absolute atomic E-state index is 14.1. The van der Waals surface area contributed by atoms with Gasteiger partial charge < -0.3 is 11.1 Å². The van der Waals surface area contributed by atoms with Gasteiger partial charge in [0.2, 0.25) is 0 Å². The normalized spacial score (nSPS) is 13.4. The first-order valence-electron chi connectivity index (χ1n) is 7.47. The van der Waals surface area contributed by atoms with Gasteiger partial charge in [-0.3, -0.25) is 9.48 Å². The lowest BCUT2D eigenvalue weighted by molar-refractivity contribution is 0.0924. The maximum Gasteiger partial charge on any atom is 0.269 e. The van der Waals surface area contributed by atoms with Crippen LogP contribution in [0.15, 0.2) is 30.5 Å². The molecule has 1 amide bonds. The third kappa shape index (κ3) is 2.59. The molecule has 3 aromatic rings. The number of fused-ring (bicyclic) bond motifs is 1. The van der Waals surface area contributed by atoms with Crippen LogP contribution in [-0.4, -0.2) is 32.2 Å². The Morgan fingerprint density at radius 2 is 1.92 bits per heavy atom. The van der Waals surface area contributed by atoms with Crippen LogP contribution in [-0.2, 0) is 6.54 Å². The lowest BCUT2D eigenvalue weighted by Crippen LogP contribution is -2.35. The number of carbonyl (C=O) groups is 1. The first-order valence-corrected chi connectivity index (χ1v) is 7.47. The van der Waals surface area contributed by atoms with Gasteiger partial charge in [-0.2, -0.15) is 5.10 Å². The standard InChI is InChI=1S/C16H12F2N6O/c17-9-5-8(19)6-10(18)14(9)15-20-2-1-11(22-15)12-7-13-16(25)21-3-4-24(13)23-12/h1-2,5-7H,3-4,19H2,(H,21,25). The maximum atomic E-state index is 14.1.